The summed E-state index contributed by atoms with van der Waals surface area (Å²) in [6, 6.07) is 8.22. The zero-order valence-corrected chi connectivity index (χ0v) is 13.9. The third kappa shape index (κ3) is 6.71. The van der Waals surface area contributed by atoms with Gasteiger partial charge in [-0.2, -0.15) is 26.3 Å². The number of carboxylic acid groups (broad SMARTS) is 1. The Morgan fingerprint density at radius 1 is 0.889 bits per heavy atom. The number of carboxylic acids is 1. The van der Waals surface area contributed by atoms with Crippen molar-refractivity contribution >= 4 is 11.9 Å². The SMILES string of the molecule is C[C@@](O)(C(=O)O)C(F)(F)F.C[C@@](O)(C(=O)OCc1ccccc1)C(F)(F)F. The first-order valence-corrected chi connectivity index (χ1v) is 6.97. The molecule has 0 aromatic heterocycles. The molecular formula is C15H16F6O6. The Morgan fingerprint density at radius 2 is 1.30 bits per heavy atom. The molecule has 0 aliphatic rings. The third-order valence-corrected chi connectivity index (χ3v) is 3.13. The van der Waals surface area contributed by atoms with Gasteiger partial charge in [0.1, 0.15) is 6.61 Å². The molecule has 0 radical (unpaired) electrons. The third-order valence-electron chi connectivity index (χ3n) is 3.13. The van der Waals surface area contributed by atoms with Gasteiger partial charge in [0.2, 0.25) is 0 Å². The van der Waals surface area contributed by atoms with E-state index in [9.17, 15) is 35.9 Å². The van der Waals surface area contributed by atoms with Crippen LogP contribution in [0.4, 0.5) is 26.3 Å². The summed E-state index contributed by atoms with van der Waals surface area (Å²) in [5, 5.41) is 25.0. The quantitative estimate of drug-likeness (QED) is 0.524. The van der Waals surface area contributed by atoms with Crippen LogP contribution in [0.5, 0.6) is 0 Å². The van der Waals surface area contributed by atoms with E-state index in [1.165, 1.54) is 0 Å². The van der Waals surface area contributed by atoms with Crippen molar-refractivity contribution in [2.75, 3.05) is 0 Å². The summed E-state index contributed by atoms with van der Waals surface area (Å²) < 4.78 is 75.5. The molecule has 0 amide bonds. The van der Waals surface area contributed by atoms with Gasteiger partial charge >= 0.3 is 24.3 Å². The van der Waals surface area contributed by atoms with Gasteiger partial charge in [0.05, 0.1) is 0 Å². The minimum Gasteiger partial charge on any atom is -0.479 e. The standard InChI is InChI=1S/C11H11F3O3.C4H5F3O3/c1-10(16,11(12,13)14)9(15)17-7-8-5-3-2-4-6-8;1-3(10,2(8)9)4(5,6)7/h2-6,16H,7H2,1H3;10H,1H3,(H,8,9)/t10-;3-/m11/s1. The molecule has 1 rings (SSSR count). The first-order chi connectivity index (χ1) is 11.9. The fourth-order valence-electron chi connectivity index (χ4n) is 1.10. The molecule has 12 heteroatoms. The number of carbonyl (C=O) groups excluding carboxylic acids is 1. The topological polar surface area (TPSA) is 104 Å². The average molecular weight is 406 g/mol. The second kappa shape index (κ2) is 8.57. The number of halogens is 6. The summed E-state index contributed by atoms with van der Waals surface area (Å²) in [5.41, 5.74) is -6.59. The Kier molecular flexibility index (Phi) is 7.82. The molecule has 6 nitrogen and oxygen atoms in total. The molecule has 0 saturated carbocycles. The van der Waals surface area contributed by atoms with Crippen LogP contribution in [0.3, 0.4) is 0 Å². The number of hydrogen-bond donors (Lipinski definition) is 3. The van der Waals surface area contributed by atoms with E-state index in [2.05, 4.69) is 4.74 Å². The largest absolute Gasteiger partial charge is 0.479 e. The number of ether oxygens (including phenoxy) is 1. The van der Waals surface area contributed by atoms with E-state index < -0.39 is 35.5 Å². The Morgan fingerprint density at radius 3 is 1.59 bits per heavy atom. The maximum atomic E-state index is 12.3. The minimum absolute atomic E-state index is 0.176. The predicted octanol–water partition coefficient (Wildman–Crippen LogP) is 2.43. The van der Waals surface area contributed by atoms with E-state index in [4.69, 9.17) is 15.3 Å². The van der Waals surface area contributed by atoms with E-state index >= 15 is 0 Å². The number of aliphatic hydroxyl groups is 2. The lowest BCUT2D eigenvalue weighted by Crippen LogP contribution is -2.50. The monoisotopic (exact) mass is 406 g/mol. The number of rotatable bonds is 4. The highest BCUT2D eigenvalue weighted by Crippen LogP contribution is 2.31. The molecule has 3 N–H and O–H groups in total. The smallest absolute Gasteiger partial charge is 0.427 e. The molecule has 0 aliphatic carbocycles. The highest BCUT2D eigenvalue weighted by molar-refractivity contribution is 5.79. The van der Waals surface area contributed by atoms with E-state index in [1.807, 2.05) is 0 Å². The van der Waals surface area contributed by atoms with Crippen molar-refractivity contribution in [2.45, 2.75) is 44.0 Å². The fraction of sp³-hybridized carbons (Fsp3) is 0.467. The van der Waals surface area contributed by atoms with Crippen molar-refractivity contribution in [2.24, 2.45) is 0 Å². The van der Waals surface area contributed by atoms with Crippen molar-refractivity contribution in [3.63, 3.8) is 0 Å². The lowest BCUT2D eigenvalue weighted by Gasteiger charge is -2.23. The molecule has 0 heterocycles. The Labute approximate surface area is 149 Å². The van der Waals surface area contributed by atoms with Crippen LogP contribution >= 0.6 is 0 Å². The normalized spacial score (nSPS) is 16.2. The highest BCUT2D eigenvalue weighted by Gasteiger charge is 2.57. The lowest BCUT2D eigenvalue weighted by molar-refractivity contribution is -0.257. The molecule has 27 heavy (non-hydrogen) atoms. The molecule has 0 bridgehead atoms. The van der Waals surface area contributed by atoms with Gasteiger partial charge in [-0.1, -0.05) is 30.3 Å². The summed E-state index contributed by atoms with van der Waals surface area (Å²) >= 11 is 0. The van der Waals surface area contributed by atoms with E-state index in [0.717, 1.165) is 0 Å². The van der Waals surface area contributed by atoms with Gasteiger partial charge in [0.25, 0.3) is 11.2 Å². The van der Waals surface area contributed by atoms with Crippen LogP contribution in [0.2, 0.25) is 0 Å². The van der Waals surface area contributed by atoms with E-state index in [1.54, 1.807) is 30.3 Å². The van der Waals surface area contributed by atoms with E-state index in [0.29, 0.717) is 12.5 Å². The summed E-state index contributed by atoms with van der Waals surface area (Å²) in [4.78, 5) is 20.8. The molecule has 154 valence electrons. The van der Waals surface area contributed by atoms with Crippen molar-refractivity contribution in [3.8, 4) is 0 Å². The van der Waals surface area contributed by atoms with Crippen LogP contribution in [0.25, 0.3) is 0 Å². The molecule has 0 saturated heterocycles. The van der Waals surface area contributed by atoms with Crippen LogP contribution in [0, 0.1) is 0 Å². The van der Waals surface area contributed by atoms with Gasteiger partial charge in [-0.05, 0) is 19.4 Å². The maximum absolute atomic E-state index is 12.3. The van der Waals surface area contributed by atoms with Crippen molar-refractivity contribution < 1.29 is 56.0 Å². The van der Waals surface area contributed by atoms with Crippen molar-refractivity contribution in [3.05, 3.63) is 35.9 Å². The first kappa shape index (κ1) is 24.7. The van der Waals surface area contributed by atoms with Crippen LogP contribution in [-0.4, -0.2) is 50.8 Å². The number of esters is 1. The van der Waals surface area contributed by atoms with Gasteiger partial charge in [0.15, 0.2) is 0 Å². The van der Waals surface area contributed by atoms with Gasteiger partial charge in [0, 0.05) is 0 Å². The van der Waals surface area contributed by atoms with Crippen LogP contribution in [-0.2, 0) is 20.9 Å². The van der Waals surface area contributed by atoms with Crippen LogP contribution in [0.15, 0.2) is 30.3 Å². The molecule has 2 atom stereocenters. The van der Waals surface area contributed by atoms with Gasteiger partial charge in [-0.25, -0.2) is 9.59 Å². The zero-order valence-electron chi connectivity index (χ0n) is 13.9. The number of benzene rings is 1. The van der Waals surface area contributed by atoms with Crippen molar-refractivity contribution in [1.29, 1.82) is 0 Å². The predicted molar refractivity (Wildman–Crippen MR) is 77.2 cm³/mol. The molecule has 0 spiro atoms. The Hall–Kier alpha value is -2.34. The molecule has 0 unspecified atom stereocenters. The van der Waals surface area contributed by atoms with Gasteiger partial charge < -0.3 is 20.1 Å². The Bertz CT molecular complexity index is 636. The minimum atomic E-state index is -5.13. The summed E-state index contributed by atoms with van der Waals surface area (Å²) in [6.07, 6.45) is -10.2. The van der Waals surface area contributed by atoms with E-state index in [-0.39, 0.29) is 13.5 Å². The van der Waals surface area contributed by atoms with Gasteiger partial charge in [-0.15, -0.1) is 0 Å². The number of carbonyl (C=O) groups is 2. The molecule has 0 fully saturated rings. The van der Waals surface area contributed by atoms with Crippen LogP contribution < -0.4 is 0 Å². The Balaban J connectivity index is 0.000000580. The second-order valence-electron chi connectivity index (χ2n) is 5.51. The molecule has 0 aliphatic heterocycles. The zero-order chi connectivity index (χ0) is 21.7. The lowest BCUT2D eigenvalue weighted by atomic mass is 10.1. The number of aliphatic carboxylic acids is 1. The van der Waals surface area contributed by atoms with Crippen LogP contribution in [0.1, 0.15) is 19.4 Å². The maximum Gasteiger partial charge on any atom is 0.427 e. The average Bonchev–Trinajstić information content (AvgIpc) is 2.51. The summed E-state index contributed by atoms with van der Waals surface area (Å²) in [7, 11) is 0. The van der Waals surface area contributed by atoms with Gasteiger partial charge in [-0.3, -0.25) is 0 Å². The first-order valence-electron chi connectivity index (χ1n) is 6.97. The second-order valence-corrected chi connectivity index (χ2v) is 5.51. The molecular weight excluding hydrogens is 390 g/mol. The van der Waals surface area contributed by atoms with Crippen molar-refractivity contribution in [1.82, 2.24) is 0 Å². The molecule has 1 aromatic carbocycles. The summed E-state index contributed by atoms with van der Waals surface area (Å²) in [6.45, 7) is 0.224. The highest BCUT2D eigenvalue weighted by atomic mass is 19.4. The number of alkyl halides is 6. The number of hydrogen-bond acceptors (Lipinski definition) is 5. The molecule has 1 aromatic rings. The summed E-state index contributed by atoms with van der Waals surface area (Å²) in [5.74, 6) is -4.02. The fourth-order valence-corrected chi connectivity index (χ4v) is 1.10.